The van der Waals surface area contributed by atoms with Crippen LogP contribution in [0.4, 0.5) is 0 Å². The molecular formula is C20H44N4O2. The van der Waals surface area contributed by atoms with Gasteiger partial charge in [-0.2, -0.15) is 0 Å². The lowest BCUT2D eigenvalue weighted by atomic mass is 10.1. The van der Waals surface area contributed by atoms with Crippen LogP contribution in [0.5, 0.6) is 0 Å². The lowest BCUT2D eigenvalue weighted by molar-refractivity contribution is -0.929. The highest BCUT2D eigenvalue weighted by Crippen LogP contribution is 2.16. The molecule has 0 bridgehead atoms. The van der Waals surface area contributed by atoms with Crippen molar-refractivity contribution < 1.29 is 14.4 Å². The number of likely N-dealkylation sites (N-methyl/N-ethyl adjacent to an activating group) is 1. The number of carboxylic acid groups (broad SMARTS) is 1. The van der Waals surface area contributed by atoms with Crippen LogP contribution in [0.3, 0.4) is 0 Å². The van der Waals surface area contributed by atoms with Crippen LogP contribution in [0.1, 0.15) is 79.1 Å². The van der Waals surface area contributed by atoms with E-state index in [-0.39, 0.29) is 12.5 Å². The van der Waals surface area contributed by atoms with E-state index >= 15 is 0 Å². The maximum atomic E-state index is 9.81. The molecule has 0 aromatic rings. The topological polar surface area (TPSA) is 93.2 Å². The Kier molecular flexibility index (Phi) is 17.7. The van der Waals surface area contributed by atoms with Gasteiger partial charge in [0.1, 0.15) is 0 Å². The van der Waals surface area contributed by atoms with Gasteiger partial charge in [0.15, 0.2) is 5.96 Å². The van der Waals surface area contributed by atoms with Crippen molar-refractivity contribution in [2.24, 2.45) is 5.73 Å². The predicted molar refractivity (Wildman–Crippen MR) is 109 cm³/mol. The SMILES string of the molecule is CCCC[N+](CCCC)(CCCC)CCCC.CN(CC(=O)[O-])C(=N)N. The van der Waals surface area contributed by atoms with Gasteiger partial charge in [-0.25, -0.2) is 0 Å². The molecule has 0 heterocycles. The molecule has 0 rings (SSSR count). The fourth-order valence-corrected chi connectivity index (χ4v) is 2.92. The summed E-state index contributed by atoms with van der Waals surface area (Å²) in [6.45, 7) is 14.7. The molecule has 0 aliphatic rings. The molecule has 6 heteroatoms. The lowest BCUT2D eigenvalue weighted by Gasteiger charge is -2.39. The monoisotopic (exact) mass is 372 g/mol. The number of nitrogens with zero attached hydrogens (tertiary/aromatic N) is 2. The van der Waals surface area contributed by atoms with Crippen molar-refractivity contribution in [1.29, 1.82) is 5.41 Å². The number of carbonyl (C=O) groups excluding carboxylic acids is 1. The normalized spacial score (nSPS) is 10.8. The molecule has 0 spiro atoms. The molecule has 0 saturated carbocycles. The Labute approximate surface area is 161 Å². The summed E-state index contributed by atoms with van der Waals surface area (Å²) in [5.41, 5.74) is 4.90. The smallest absolute Gasteiger partial charge is 0.188 e. The summed E-state index contributed by atoms with van der Waals surface area (Å²) in [5, 5.41) is 16.5. The summed E-state index contributed by atoms with van der Waals surface area (Å²) < 4.78 is 1.42. The van der Waals surface area contributed by atoms with Crippen molar-refractivity contribution in [3.8, 4) is 0 Å². The van der Waals surface area contributed by atoms with E-state index in [1.807, 2.05) is 0 Å². The highest BCUT2D eigenvalue weighted by Gasteiger charge is 2.24. The number of nitrogens with two attached hydrogens (primary N) is 1. The molecule has 0 fully saturated rings. The van der Waals surface area contributed by atoms with Crippen molar-refractivity contribution in [3.05, 3.63) is 0 Å². The van der Waals surface area contributed by atoms with Gasteiger partial charge in [0, 0.05) is 7.05 Å². The van der Waals surface area contributed by atoms with E-state index < -0.39 is 5.97 Å². The van der Waals surface area contributed by atoms with Crippen molar-refractivity contribution in [3.63, 3.8) is 0 Å². The second-order valence-electron chi connectivity index (χ2n) is 7.26. The first-order valence-electron chi connectivity index (χ1n) is 10.4. The molecule has 0 atom stereocenters. The number of rotatable bonds is 14. The van der Waals surface area contributed by atoms with Crippen LogP contribution in [0.15, 0.2) is 0 Å². The third-order valence-electron chi connectivity index (χ3n) is 4.72. The summed E-state index contributed by atoms with van der Waals surface area (Å²) in [5.74, 6) is -1.52. The Hall–Kier alpha value is -1.30. The van der Waals surface area contributed by atoms with Crippen LogP contribution in [0.25, 0.3) is 0 Å². The summed E-state index contributed by atoms with van der Waals surface area (Å²) in [7, 11) is 1.40. The number of hydrogen-bond acceptors (Lipinski definition) is 3. The Morgan fingerprint density at radius 2 is 1.19 bits per heavy atom. The van der Waals surface area contributed by atoms with Gasteiger partial charge >= 0.3 is 0 Å². The highest BCUT2D eigenvalue weighted by atomic mass is 16.4. The molecule has 0 amide bonds. The van der Waals surface area contributed by atoms with Crippen LogP contribution in [-0.2, 0) is 4.79 Å². The molecule has 3 N–H and O–H groups in total. The minimum Gasteiger partial charge on any atom is -0.548 e. The van der Waals surface area contributed by atoms with Crippen molar-refractivity contribution in [2.75, 3.05) is 39.8 Å². The van der Waals surface area contributed by atoms with Gasteiger partial charge in [0.25, 0.3) is 0 Å². The summed E-state index contributed by atoms with van der Waals surface area (Å²) in [4.78, 5) is 10.9. The summed E-state index contributed by atoms with van der Waals surface area (Å²) >= 11 is 0. The Morgan fingerprint density at radius 1 is 0.885 bits per heavy atom. The molecular weight excluding hydrogens is 328 g/mol. The first-order chi connectivity index (χ1) is 12.3. The molecule has 156 valence electrons. The second-order valence-corrected chi connectivity index (χ2v) is 7.26. The maximum Gasteiger partial charge on any atom is 0.188 e. The van der Waals surface area contributed by atoms with E-state index in [9.17, 15) is 9.90 Å². The van der Waals surface area contributed by atoms with E-state index in [2.05, 4.69) is 27.7 Å². The van der Waals surface area contributed by atoms with Crippen molar-refractivity contribution in [2.45, 2.75) is 79.1 Å². The number of aliphatic carboxylic acids is 1. The van der Waals surface area contributed by atoms with Gasteiger partial charge in [-0.3, -0.25) is 5.41 Å². The van der Waals surface area contributed by atoms with Crippen molar-refractivity contribution in [1.82, 2.24) is 4.90 Å². The van der Waals surface area contributed by atoms with Crippen LogP contribution in [0, 0.1) is 5.41 Å². The van der Waals surface area contributed by atoms with E-state index in [1.54, 1.807) is 0 Å². The van der Waals surface area contributed by atoms with Crippen molar-refractivity contribution >= 4 is 11.9 Å². The van der Waals surface area contributed by atoms with Gasteiger partial charge in [-0.1, -0.05) is 53.4 Å². The van der Waals surface area contributed by atoms with Crippen LogP contribution in [-0.4, -0.2) is 61.1 Å². The third kappa shape index (κ3) is 15.0. The van der Waals surface area contributed by atoms with Gasteiger partial charge in [0.05, 0.1) is 38.7 Å². The number of guanidine groups is 1. The predicted octanol–water partition coefficient (Wildman–Crippen LogP) is 2.57. The number of hydrogen-bond donors (Lipinski definition) is 2. The van der Waals surface area contributed by atoms with Gasteiger partial charge in [0.2, 0.25) is 0 Å². The quantitative estimate of drug-likeness (QED) is 0.278. The number of unbranched alkanes of at least 4 members (excludes halogenated alkanes) is 4. The fraction of sp³-hybridized carbons (Fsp3) is 0.900. The number of nitrogens with one attached hydrogen (secondary N) is 1. The molecule has 0 radical (unpaired) electrons. The number of carbonyl (C=O) groups is 1. The molecule has 6 nitrogen and oxygen atoms in total. The molecule has 0 saturated heterocycles. The lowest BCUT2D eigenvalue weighted by Crippen LogP contribution is -2.50. The first-order valence-corrected chi connectivity index (χ1v) is 10.4. The van der Waals surface area contributed by atoms with Gasteiger partial charge in [-0.15, -0.1) is 0 Å². The summed E-state index contributed by atoms with van der Waals surface area (Å²) in [6, 6.07) is 0. The molecule has 0 unspecified atom stereocenters. The molecule has 0 aromatic heterocycles. The Bertz CT molecular complexity index is 324. The minimum atomic E-state index is -1.24. The fourth-order valence-electron chi connectivity index (χ4n) is 2.92. The third-order valence-corrected chi connectivity index (χ3v) is 4.72. The van der Waals surface area contributed by atoms with Crippen LogP contribution in [0.2, 0.25) is 0 Å². The van der Waals surface area contributed by atoms with Gasteiger partial charge in [-0.05, 0) is 25.7 Å². The highest BCUT2D eigenvalue weighted by molar-refractivity contribution is 5.79. The zero-order valence-electron chi connectivity index (χ0n) is 18.0. The molecule has 26 heavy (non-hydrogen) atoms. The van der Waals surface area contributed by atoms with E-state index in [1.165, 1.54) is 89.1 Å². The zero-order valence-corrected chi connectivity index (χ0v) is 18.0. The van der Waals surface area contributed by atoms with E-state index in [4.69, 9.17) is 11.1 Å². The van der Waals surface area contributed by atoms with E-state index in [0.717, 1.165) is 4.90 Å². The molecule has 0 aliphatic heterocycles. The second kappa shape index (κ2) is 17.1. The van der Waals surface area contributed by atoms with E-state index in [0.29, 0.717) is 0 Å². The molecule has 0 aliphatic carbocycles. The Balaban J connectivity index is 0. The van der Waals surface area contributed by atoms with Gasteiger partial charge < -0.3 is 25.0 Å². The summed E-state index contributed by atoms with van der Waals surface area (Å²) in [6.07, 6.45) is 11.1. The largest absolute Gasteiger partial charge is 0.548 e. The minimum absolute atomic E-state index is 0.279. The number of carboxylic acids is 1. The first kappa shape index (κ1) is 26.9. The average Bonchev–Trinajstić information content (AvgIpc) is 2.60. The zero-order chi connectivity index (χ0) is 20.4. The standard InChI is InChI=1S/C16H36N.C4H9N3O2/c1-5-9-13-17(14-10-6-2,15-11-7-3)16-12-8-4;1-7(4(5)6)2-3(8)9/h5-16H2,1-4H3;2H2,1H3,(H3,5,6)(H,8,9)/q+1;/p-1. The van der Waals surface area contributed by atoms with Crippen LogP contribution < -0.4 is 10.8 Å². The Morgan fingerprint density at radius 3 is 1.35 bits per heavy atom. The maximum absolute atomic E-state index is 9.81. The van der Waals surface area contributed by atoms with Crippen LogP contribution >= 0.6 is 0 Å². The molecule has 0 aromatic carbocycles. The number of quaternary nitrogens is 1. The average molecular weight is 373 g/mol.